The van der Waals surface area contributed by atoms with Gasteiger partial charge in [-0.2, -0.15) is 23.0 Å². The zero-order valence-electron chi connectivity index (χ0n) is 21.6. The number of piperidine rings is 1. The lowest BCUT2D eigenvalue weighted by atomic mass is 9.87. The molecule has 0 saturated carbocycles. The van der Waals surface area contributed by atoms with E-state index >= 15 is 0 Å². The predicted molar refractivity (Wildman–Crippen MR) is 133 cm³/mol. The highest BCUT2D eigenvalue weighted by molar-refractivity contribution is 5.86. The number of aromatic nitrogens is 2. The number of amides is 1. The Labute approximate surface area is 214 Å². The number of rotatable bonds is 5. The lowest BCUT2D eigenvalue weighted by Gasteiger charge is -2.45. The Morgan fingerprint density at radius 1 is 1.14 bits per heavy atom. The van der Waals surface area contributed by atoms with Crippen molar-refractivity contribution in [2.24, 2.45) is 0 Å². The molecule has 202 valence electrons. The third-order valence-electron chi connectivity index (χ3n) is 8.09. The van der Waals surface area contributed by atoms with Gasteiger partial charge in [0, 0.05) is 49.1 Å². The maximum absolute atomic E-state index is 13.6. The van der Waals surface area contributed by atoms with Crippen LogP contribution in [0.3, 0.4) is 0 Å². The molecule has 2 aliphatic heterocycles. The number of benzene rings is 1. The molecule has 0 bridgehead atoms. The summed E-state index contributed by atoms with van der Waals surface area (Å²) in [6.45, 7) is 7.63. The van der Waals surface area contributed by atoms with Gasteiger partial charge in [0.25, 0.3) is 0 Å². The van der Waals surface area contributed by atoms with Gasteiger partial charge in [0.15, 0.2) is 5.69 Å². The van der Waals surface area contributed by atoms with Crippen molar-refractivity contribution < 1.29 is 27.9 Å². The standard InChI is InChI=1S/C26H34F3N5O3/c1-17-5-6-18(2)34(17)22-15-20(26(27,28)29)8-7-19(22)16-31(4)25(3)10-13-32(14-11-25)24(37)33-12-9-21(30-33)23(35)36/h7-9,12,15,17-18H,5-6,10-11,13-14,16H2,1-4H3,(H,35,36)/t17-,18-/m0/s1. The summed E-state index contributed by atoms with van der Waals surface area (Å²) >= 11 is 0. The molecule has 2 fully saturated rings. The molecule has 2 aromatic rings. The Bertz CT molecular complexity index is 1150. The minimum Gasteiger partial charge on any atom is -0.476 e. The third kappa shape index (κ3) is 5.46. The van der Waals surface area contributed by atoms with Gasteiger partial charge in [-0.05, 0) is 77.3 Å². The Morgan fingerprint density at radius 2 is 1.76 bits per heavy atom. The first-order valence-corrected chi connectivity index (χ1v) is 12.6. The minimum atomic E-state index is -4.41. The van der Waals surface area contributed by atoms with Crippen LogP contribution in [0.1, 0.15) is 68.1 Å². The lowest BCUT2D eigenvalue weighted by Crippen LogP contribution is -2.53. The molecule has 1 amide bonds. The number of likely N-dealkylation sites (tertiary alicyclic amines) is 1. The monoisotopic (exact) mass is 521 g/mol. The predicted octanol–water partition coefficient (Wildman–Crippen LogP) is 4.93. The van der Waals surface area contributed by atoms with Crippen molar-refractivity contribution in [1.82, 2.24) is 19.6 Å². The van der Waals surface area contributed by atoms with Gasteiger partial charge in [0.2, 0.25) is 0 Å². The molecule has 1 aromatic carbocycles. The number of hydrogen-bond acceptors (Lipinski definition) is 5. The highest BCUT2D eigenvalue weighted by Crippen LogP contribution is 2.39. The van der Waals surface area contributed by atoms with Gasteiger partial charge in [0.1, 0.15) is 0 Å². The summed E-state index contributed by atoms with van der Waals surface area (Å²) in [6.07, 6.45) is 0.148. The maximum Gasteiger partial charge on any atom is 0.416 e. The molecule has 1 aromatic heterocycles. The molecular formula is C26H34F3N5O3. The molecular weight excluding hydrogens is 487 g/mol. The van der Waals surface area contributed by atoms with Crippen LogP contribution >= 0.6 is 0 Å². The molecule has 0 spiro atoms. The zero-order chi connectivity index (χ0) is 27.1. The van der Waals surface area contributed by atoms with Gasteiger partial charge in [-0.25, -0.2) is 9.59 Å². The van der Waals surface area contributed by atoms with Gasteiger partial charge in [-0.15, -0.1) is 0 Å². The van der Waals surface area contributed by atoms with E-state index in [1.807, 2.05) is 7.05 Å². The molecule has 2 aliphatic rings. The summed E-state index contributed by atoms with van der Waals surface area (Å²) in [4.78, 5) is 29.8. The van der Waals surface area contributed by atoms with Crippen LogP contribution in [0.25, 0.3) is 0 Å². The van der Waals surface area contributed by atoms with Gasteiger partial charge in [-0.3, -0.25) is 4.90 Å². The van der Waals surface area contributed by atoms with Crippen LogP contribution in [0.2, 0.25) is 0 Å². The van der Waals surface area contributed by atoms with Crippen molar-refractivity contribution in [3.05, 3.63) is 47.3 Å². The summed E-state index contributed by atoms with van der Waals surface area (Å²) < 4.78 is 41.7. The topological polar surface area (TPSA) is 81.9 Å². The number of halogens is 3. The normalized spacial score (nSPS) is 22.1. The Balaban J connectivity index is 1.49. The first-order chi connectivity index (χ1) is 17.3. The fraction of sp³-hybridized carbons (Fsp3) is 0.577. The second kappa shape index (κ2) is 10.00. The smallest absolute Gasteiger partial charge is 0.416 e. The SMILES string of the molecule is C[C@H]1CC[C@H](C)N1c1cc(C(F)(F)F)ccc1CN(C)C1(C)CCN(C(=O)n2ccc(C(=O)O)n2)CC1. The van der Waals surface area contributed by atoms with Gasteiger partial charge < -0.3 is 14.9 Å². The van der Waals surface area contributed by atoms with Gasteiger partial charge in [0.05, 0.1) is 5.56 Å². The van der Waals surface area contributed by atoms with Gasteiger partial charge in [-0.1, -0.05) is 6.07 Å². The van der Waals surface area contributed by atoms with Crippen LogP contribution < -0.4 is 4.90 Å². The Morgan fingerprint density at radius 3 is 2.30 bits per heavy atom. The van der Waals surface area contributed by atoms with Crippen LogP contribution in [-0.4, -0.2) is 74.4 Å². The van der Waals surface area contributed by atoms with Crippen molar-refractivity contribution >= 4 is 17.7 Å². The summed E-state index contributed by atoms with van der Waals surface area (Å²) in [7, 11) is 1.97. The minimum absolute atomic E-state index is 0.163. The average Bonchev–Trinajstić information content (AvgIpc) is 3.46. The molecule has 2 saturated heterocycles. The van der Waals surface area contributed by atoms with E-state index in [1.165, 1.54) is 18.3 Å². The molecule has 11 heteroatoms. The maximum atomic E-state index is 13.6. The van der Waals surface area contributed by atoms with E-state index < -0.39 is 17.7 Å². The van der Waals surface area contributed by atoms with Crippen LogP contribution in [0.5, 0.6) is 0 Å². The number of anilines is 1. The van der Waals surface area contributed by atoms with Crippen molar-refractivity contribution in [1.29, 1.82) is 0 Å². The number of carboxylic acids is 1. The number of carboxylic acid groups (broad SMARTS) is 1. The summed E-state index contributed by atoms with van der Waals surface area (Å²) in [5.41, 5.74) is 0.402. The molecule has 4 rings (SSSR count). The number of carbonyl (C=O) groups is 2. The van der Waals surface area contributed by atoms with E-state index in [9.17, 15) is 22.8 Å². The Kier molecular flexibility index (Phi) is 7.29. The van der Waals surface area contributed by atoms with E-state index in [4.69, 9.17) is 5.11 Å². The van der Waals surface area contributed by atoms with Crippen LogP contribution in [0.15, 0.2) is 30.5 Å². The highest BCUT2D eigenvalue weighted by atomic mass is 19.4. The molecule has 0 radical (unpaired) electrons. The Hall–Kier alpha value is -3.08. The van der Waals surface area contributed by atoms with Crippen LogP contribution in [0, 0.1) is 0 Å². The number of alkyl halides is 3. The van der Waals surface area contributed by atoms with E-state index in [-0.39, 0.29) is 29.3 Å². The largest absolute Gasteiger partial charge is 0.476 e. The van der Waals surface area contributed by atoms with E-state index in [2.05, 4.69) is 35.7 Å². The van der Waals surface area contributed by atoms with Crippen molar-refractivity contribution in [2.75, 3.05) is 25.0 Å². The molecule has 1 N–H and O–H groups in total. The van der Waals surface area contributed by atoms with Crippen molar-refractivity contribution in [2.45, 2.75) is 76.8 Å². The zero-order valence-corrected chi connectivity index (χ0v) is 21.6. The fourth-order valence-corrected chi connectivity index (χ4v) is 5.48. The second-order valence-electron chi connectivity index (χ2n) is 10.6. The average molecular weight is 522 g/mol. The van der Waals surface area contributed by atoms with E-state index in [1.54, 1.807) is 11.0 Å². The number of nitrogens with zero attached hydrogens (tertiary/aromatic N) is 5. The van der Waals surface area contributed by atoms with Crippen LogP contribution in [0.4, 0.5) is 23.7 Å². The molecule has 2 atom stereocenters. The number of hydrogen-bond donors (Lipinski definition) is 1. The van der Waals surface area contributed by atoms with Crippen LogP contribution in [-0.2, 0) is 12.7 Å². The van der Waals surface area contributed by atoms with Crippen molar-refractivity contribution in [3.8, 4) is 0 Å². The van der Waals surface area contributed by atoms with Crippen molar-refractivity contribution in [3.63, 3.8) is 0 Å². The van der Waals surface area contributed by atoms with E-state index in [0.717, 1.165) is 29.2 Å². The first-order valence-electron chi connectivity index (χ1n) is 12.6. The molecule has 0 aliphatic carbocycles. The van der Waals surface area contributed by atoms with E-state index in [0.29, 0.717) is 38.2 Å². The van der Waals surface area contributed by atoms with Gasteiger partial charge >= 0.3 is 18.2 Å². The summed E-state index contributed by atoms with van der Waals surface area (Å²) in [6, 6.07) is 5.29. The summed E-state index contributed by atoms with van der Waals surface area (Å²) in [5, 5.41) is 12.9. The number of carbonyl (C=O) groups excluding carboxylic acids is 1. The second-order valence-corrected chi connectivity index (χ2v) is 10.6. The lowest BCUT2D eigenvalue weighted by molar-refractivity contribution is -0.137. The highest BCUT2D eigenvalue weighted by Gasteiger charge is 2.38. The third-order valence-corrected chi connectivity index (χ3v) is 8.09. The number of aromatic carboxylic acids is 1. The molecule has 37 heavy (non-hydrogen) atoms. The molecule has 0 unspecified atom stereocenters. The fourth-order valence-electron chi connectivity index (χ4n) is 5.48. The first kappa shape index (κ1) is 27.0. The quantitative estimate of drug-likeness (QED) is 0.601. The molecule has 8 nitrogen and oxygen atoms in total. The molecule has 3 heterocycles. The summed E-state index contributed by atoms with van der Waals surface area (Å²) in [5.74, 6) is -1.19.